The van der Waals surface area contributed by atoms with Gasteiger partial charge in [-0.1, -0.05) is 42.5 Å². The summed E-state index contributed by atoms with van der Waals surface area (Å²) in [4.78, 5) is 50.6. The van der Waals surface area contributed by atoms with E-state index in [1.807, 2.05) is 6.07 Å². The molecule has 3 aromatic carbocycles. The van der Waals surface area contributed by atoms with Gasteiger partial charge in [-0.25, -0.2) is 0 Å². The summed E-state index contributed by atoms with van der Waals surface area (Å²) in [5, 5.41) is 4.87. The maximum Gasteiger partial charge on any atom is 0.294 e. The minimum atomic E-state index is -0.536. The van der Waals surface area contributed by atoms with Crippen molar-refractivity contribution in [2.24, 2.45) is 0 Å². The van der Waals surface area contributed by atoms with Crippen molar-refractivity contribution in [2.75, 3.05) is 30.9 Å². The van der Waals surface area contributed by atoms with Crippen LogP contribution in [0.5, 0.6) is 11.5 Å². The first-order valence-electron chi connectivity index (χ1n) is 11.2. The van der Waals surface area contributed by atoms with Gasteiger partial charge in [0.05, 0.1) is 17.7 Å². The highest BCUT2D eigenvalue weighted by Crippen LogP contribution is 2.32. The second-order valence-electron chi connectivity index (χ2n) is 7.79. The third-order valence-electron chi connectivity index (χ3n) is 5.16. The first-order valence-corrected chi connectivity index (χ1v) is 12.0. The number of hydrogen-bond acceptors (Lipinski definition) is 7. The molecule has 0 spiro atoms. The second kappa shape index (κ2) is 11.9. The predicted molar refractivity (Wildman–Crippen MR) is 141 cm³/mol. The molecule has 4 amide bonds. The van der Waals surface area contributed by atoms with Crippen LogP contribution in [0.2, 0.25) is 0 Å². The van der Waals surface area contributed by atoms with E-state index in [2.05, 4.69) is 10.6 Å². The van der Waals surface area contributed by atoms with Crippen molar-refractivity contribution in [2.45, 2.75) is 0 Å². The Morgan fingerprint density at radius 3 is 2.32 bits per heavy atom. The maximum absolute atomic E-state index is 12.7. The number of nitrogens with zero attached hydrogens (tertiary/aromatic N) is 1. The fraction of sp³-hybridized carbons (Fsp3) is 0.111. The number of methoxy groups -OCH3 is 1. The van der Waals surface area contributed by atoms with Gasteiger partial charge in [0.15, 0.2) is 6.61 Å². The van der Waals surface area contributed by atoms with Gasteiger partial charge in [-0.15, -0.1) is 0 Å². The SMILES string of the molecule is COc1ccccc1NC(=O)COc1ccc(C=C2SC(=O)N(CC(=O)Nc3ccccc3)C2=O)cc1. The maximum atomic E-state index is 12.7. The zero-order valence-corrected chi connectivity index (χ0v) is 20.6. The number of rotatable bonds is 9. The molecule has 1 saturated heterocycles. The third kappa shape index (κ3) is 6.77. The summed E-state index contributed by atoms with van der Waals surface area (Å²) >= 11 is 0.771. The molecular weight excluding hydrogens is 494 g/mol. The molecule has 0 radical (unpaired) electrons. The summed E-state index contributed by atoms with van der Waals surface area (Å²) in [6.07, 6.45) is 1.57. The molecule has 1 aliphatic heterocycles. The Hall–Kier alpha value is -4.57. The van der Waals surface area contributed by atoms with Gasteiger partial charge in [0.1, 0.15) is 18.0 Å². The lowest BCUT2D eigenvalue weighted by molar-refractivity contribution is -0.127. The van der Waals surface area contributed by atoms with Crippen molar-refractivity contribution < 1.29 is 28.7 Å². The zero-order valence-electron chi connectivity index (χ0n) is 19.8. The molecule has 188 valence electrons. The average molecular weight is 518 g/mol. The van der Waals surface area contributed by atoms with Crippen molar-refractivity contribution in [1.29, 1.82) is 0 Å². The van der Waals surface area contributed by atoms with E-state index in [1.54, 1.807) is 78.9 Å². The highest BCUT2D eigenvalue weighted by Gasteiger charge is 2.36. The molecule has 2 N–H and O–H groups in total. The molecular formula is C27H23N3O6S. The summed E-state index contributed by atoms with van der Waals surface area (Å²) < 4.78 is 10.7. The van der Waals surface area contributed by atoms with Gasteiger partial charge >= 0.3 is 0 Å². The largest absolute Gasteiger partial charge is 0.495 e. The number of benzene rings is 3. The monoisotopic (exact) mass is 517 g/mol. The van der Waals surface area contributed by atoms with E-state index in [9.17, 15) is 19.2 Å². The number of anilines is 2. The standard InChI is InChI=1S/C27H23N3O6S/c1-35-22-10-6-5-9-21(22)29-25(32)17-36-20-13-11-18(12-14-20)15-23-26(33)30(27(34)37-23)16-24(31)28-19-7-3-2-4-8-19/h2-15H,16-17H2,1H3,(H,28,31)(H,29,32). The Bertz CT molecular complexity index is 1340. The number of para-hydroxylation sites is 3. The van der Waals surface area contributed by atoms with E-state index in [0.717, 1.165) is 16.7 Å². The first-order chi connectivity index (χ1) is 17.9. The minimum Gasteiger partial charge on any atom is -0.495 e. The molecule has 0 unspecified atom stereocenters. The van der Waals surface area contributed by atoms with Crippen molar-refractivity contribution in [1.82, 2.24) is 4.90 Å². The average Bonchev–Trinajstić information content (AvgIpc) is 3.16. The second-order valence-corrected chi connectivity index (χ2v) is 8.78. The third-order valence-corrected chi connectivity index (χ3v) is 6.07. The van der Waals surface area contributed by atoms with Gasteiger partial charge in [0.25, 0.3) is 17.1 Å². The van der Waals surface area contributed by atoms with Crippen molar-refractivity contribution in [3.63, 3.8) is 0 Å². The van der Waals surface area contributed by atoms with E-state index < -0.39 is 17.1 Å². The quantitative estimate of drug-likeness (QED) is 0.405. The fourth-order valence-corrected chi connectivity index (χ4v) is 4.23. The van der Waals surface area contributed by atoms with Crippen LogP contribution < -0.4 is 20.1 Å². The number of imide groups is 1. The summed E-state index contributed by atoms with van der Waals surface area (Å²) in [5.41, 5.74) is 1.78. The highest BCUT2D eigenvalue weighted by atomic mass is 32.2. The lowest BCUT2D eigenvalue weighted by atomic mass is 10.2. The number of ether oxygens (including phenoxy) is 2. The number of amides is 4. The van der Waals surface area contributed by atoms with Gasteiger partial charge in [0.2, 0.25) is 5.91 Å². The van der Waals surface area contributed by atoms with Crippen LogP contribution in [-0.2, 0) is 14.4 Å². The Labute approximate surface area is 217 Å². The molecule has 9 nitrogen and oxygen atoms in total. The molecule has 10 heteroatoms. The van der Waals surface area contributed by atoms with Gasteiger partial charge in [-0.3, -0.25) is 24.1 Å². The molecule has 4 rings (SSSR count). The number of nitrogens with one attached hydrogen (secondary N) is 2. The van der Waals surface area contributed by atoms with Crippen LogP contribution in [0.25, 0.3) is 6.08 Å². The van der Waals surface area contributed by atoms with E-state index in [1.165, 1.54) is 7.11 Å². The normalized spacial score (nSPS) is 14.0. The summed E-state index contributed by atoms with van der Waals surface area (Å²) in [6, 6.07) is 22.5. The van der Waals surface area contributed by atoms with Gasteiger partial charge < -0.3 is 20.1 Å². The van der Waals surface area contributed by atoms with Crippen molar-refractivity contribution >= 4 is 52.2 Å². The zero-order chi connectivity index (χ0) is 26.2. The van der Waals surface area contributed by atoms with Crippen LogP contribution in [0.4, 0.5) is 16.2 Å². The molecule has 1 fully saturated rings. The van der Waals surface area contributed by atoms with Crippen molar-refractivity contribution in [3.05, 3.63) is 89.3 Å². The van der Waals surface area contributed by atoms with Gasteiger partial charge in [0, 0.05) is 5.69 Å². The van der Waals surface area contributed by atoms with Crippen LogP contribution in [-0.4, -0.2) is 48.1 Å². The topological polar surface area (TPSA) is 114 Å². The Balaban J connectivity index is 1.31. The van der Waals surface area contributed by atoms with Crippen molar-refractivity contribution in [3.8, 4) is 11.5 Å². The molecule has 0 aliphatic carbocycles. The van der Waals surface area contributed by atoms with Gasteiger partial charge in [-0.2, -0.15) is 0 Å². The first kappa shape index (κ1) is 25.5. The lowest BCUT2D eigenvalue weighted by Crippen LogP contribution is -2.36. The highest BCUT2D eigenvalue weighted by molar-refractivity contribution is 8.18. The van der Waals surface area contributed by atoms with Crippen LogP contribution in [0.1, 0.15) is 5.56 Å². The molecule has 3 aromatic rings. The lowest BCUT2D eigenvalue weighted by Gasteiger charge is -2.12. The Morgan fingerprint density at radius 1 is 0.892 bits per heavy atom. The van der Waals surface area contributed by atoms with E-state index in [0.29, 0.717) is 28.4 Å². The van der Waals surface area contributed by atoms with Gasteiger partial charge in [-0.05, 0) is 59.8 Å². The number of hydrogen-bond donors (Lipinski definition) is 2. The summed E-state index contributed by atoms with van der Waals surface area (Å²) in [5.74, 6) is -0.351. The number of carbonyl (C=O) groups is 4. The molecule has 0 aromatic heterocycles. The number of carbonyl (C=O) groups excluding carboxylic acids is 4. The minimum absolute atomic E-state index is 0.207. The predicted octanol–water partition coefficient (Wildman–Crippen LogP) is 4.39. The Kier molecular flexibility index (Phi) is 8.22. The number of thioether (sulfide) groups is 1. The van der Waals surface area contributed by atoms with Crippen LogP contribution >= 0.6 is 11.8 Å². The molecule has 0 atom stereocenters. The van der Waals surface area contributed by atoms with Crippen LogP contribution in [0.3, 0.4) is 0 Å². The Morgan fingerprint density at radius 2 is 1.59 bits per heavy atom. The molecule has 0 saturated carbocycles. The summed E-state index contributed by atoms with van der Waals surface area (Å²) in [6.45, 7) is -0.581. The molecule has 1 aliphatic rings. The van der Waals surface area contributed by atoms with E-state index in [4.69, 9.17) is 9.47 Å². The summed E-state index contributed by atoms with van der Waals surface area (Å²) in [7, 11) is 1.52. The smallest absolute Gasteiger partial charge is 0.294 e. The molecule has 1 heterocycles. The van der Waals surface area contributed by atoms with Crippen LogP contribution in [0, 0.1) is 0 Å². The van der Waals surface area contributed by atoms with E-state index in [-0.39, 0.29) is 24.0 Å². The molecule has 37 heavy (non-hydrogen) atoms. The fourth-order valence-electron chi connectivity index (χ4n) is 3.40. The van der Waals surface area contributed by atoms with Crippen LogP contribution in [0.15, 0.2) is 83.8 Å². The molecule has 0 bridgehead atoms. The van der Waals surface area contributed by atoms with E-state index >= 15 is 0 Å².